The van der Waals surface area contributed by atoms with Gasteiger partial charge in [-0.2, -0.15) is 0 Å². The number of rotatable bonds is 3. The maximum Gasteiger partial charge on any atom is 0.126 e. The lowest BCUT2D eigenvalue weighted by Gasteiger charge is -2.10. The van der Waals surface area contributed by atoms with E-state index in [1.54, 1.807) is 0 Å². The Morgan fingerprint density at radius 1 is 1.50 bits per heavy atom. The number of fused-ring (bicyclic) bond motifs is 1. The second-order valence-corrected chi connectivity index (χ2v) is 4.09. The van der Waals surface area contributed by atoms with Crippen molar-refractivity contribution in [3.8, 4) is 0 Å². The second kappa shape index (κ2) is 4.23. The first-order valence-electron chi connectivity index (χ1n) is 5.43. The van der Waals surface area contributed by atoms with Crippen LogP contribution in [0, 0.1) is 6.92 Å². The lowest BCUT2D eigenvalue weighted by molar-refractivity contribution is 0.274. The minimum atomic E-state index is -0.207. The van der Waals surface area contributed by atoms with Crippen molar-refractivity contribution in [2.75, 3.05) is 6.61 Å². The van der Waals surface area contributed by atoms with Crippen LogP contribution in [-0.4, -0.2) is 21.3 Å². The van der Waals surface area contributed by atoms with Gasteiger partial charge in [0.2, 0.25) is 0 Å². The summed E-state index contributed by atoms with van der Waals surface area (Å²) in [5.74, 6) is 0.832. The fourth-order valence-electron chi connectivity index (χ4n) is 2.08. The number of benzene rings is 1. The molecule has 2 aromatic rings. The number of aryl methyl sites for hydroxylation is 2. The first kappa shape index (κ1) is 11.1. The van der Waals surface area contributed by atoms with Crippen LogP contribution in [0.15, 0.2) is 18.2 Å². The highest BCUT2D eigenvalue weighted by Crippen LogP contribution is 2.22. The number of aromatic nitrogens is 2. The predicted molar refractivity (Wildman–Crippen MR) is 64.1 cm³/mol. The van der Waals surface area contributed by atoms with Gasteiger partial charge in [-0.05, 0) is 25.0 Å². The second-order valence-electron chi connectivity index (χ2n) is 4.09. The van der Waals surface area contributed by atoms with Crippen molar-refractivity contribution in [2.45, 2.75) is 19.4 Å². The van der Waals surface area contributed by atoms with Crippen LogP contribution in [0.4, 0.5) is 0 Å². The topological polar surface area (TPSA) is 64.1 Å². The third kappa shape index (κ3) is 1.70. The molecule has 0 bridgehead atoms. The van der Waals surface area contributed by atoms with E-state index in [1.165, 1.54) is 5.56 Å². The average molecular weight is 219 g/mol. The molecule has 16 heavy (non-hydrogen) atoms. The van der Waals surface area contributed by atoms with Crippen LogP contribution in [0.1, 0.15) is 23.9 Å². The third-order valence-corrected chi connectivity index (χ3v) is 2.90. The standard InChI is InChI=1S/C12H17N3O/c1-8-4-3-5-10-11(8)15(2)12(14-10)9(13)6-7-16/h3-5,9,16H,6-7,13H2,1-2H3. The van der Waals surface area contributed by atoms with E-state index in [4.69, 9.17) is 10.8 Å². The zero-order valence-corrected chi connectivity index (χ0v) is 9.64. The Bertz CT molecular complexity index is 504. The first-order chi connectivity index (χ1) is 7.65. The molecule has 0 saturated carbocycles. The van der Waals surface area contributed by atoms with Gasteiger partial charge in [0, 0.05) is 13.7 Å². The molecule has 86 valence electrons. The van der Waals surface area contributed by atoms with Gasteiger partial charge >= 0.3 is 0 Å². The van der Waals surface area contributed by atoms with Gasteiger partial charge in [0.1, 0.15) is 5.82 Å². The van der Waals surface area contributed by atoms with Crippen LogP contribution in [0.3, 0.4) is 0 Å². The molecule has 0 amide bonds. The van der Waals surface area contributed by atoms with E-state index >= 15 is 0 Å². The van der Waals surface area contributed by atoms with Crippen molar-refractivity contribution in [3.63, 3.8) is 0 Å². The van der Waals surface area contributed by atoms with Crippen LogP contribution in [0.25, 0.3) is 11.0 Å². The largest absolute Gasteiger partial charge is 0.396 e. The van der Waals surface area contributed by atoms with E-state index in [9.17, 15) is 0 Å². The molecular weight excluding hydrogens is 202 g/mol. The van der Waals surface area contributed by atoms with Gasteiger partial charge in [-0.25, -0.2) is 4.98 Å². The lowest BCUT2D eigenvalue weighted by Crippen LogP contribution is -2.16. The summed E-state index contributed by atoms with van der Waals surface area (Å²) in [6.07, 6.45) is 0.538. The van der Waals surface area contributed by atoms with Gasteiger partial charge in [-0.3, -0.25) is 0 Å². The maximum atomic E-state index is 8.90. The number of hydrogen-bond acceptors (Lipinski definition) is 3. The number of hydrogen-bond donors (Lipinski definition) is 2. The summed E-state index contributed by atoms with van der Waals surface area (Å²) in [5.41, 5.74) is 9.25. The highest BCUT2D eigenvalue weighted by atomic mass is 16.3. The van der Waals surface area contributed by atoms with Gasteiger partial charge in [0.25, 0.3) is 0 Å². The van der Waals surface area contributed by atoms with E-state index < -0.39 is 0 Å². The number of nitrogens with zero attached hydrogens (tertiary/aromatic N) is 2. The van der Waals surface area contributed by atoms with Gasteiger partial charge in [-0.1, -0.05) is 12.1 Å². The Labute approximate surface area is 94.7 Å². The molecule has 0 saturated heterocycles. The van der Waals surface area contributed by atoms with Crippen molar-refractivity contribution in [1.82, 2.24) is 9.55 Å². The number of aliphatic hydroxyl groups is 1. The highest BCUT2D eigenvalue weighted by molar-refractivity contribution is 5.79. The van der Waals surface area contributed by atoms with Gasteiger partial charge < -0.3 is 15.4 Å². The Morgan fingerprint density at radius 3 is 2.88 bits per heavy atom. The van der Waals surface area contributed by atoms with Crippen LogP contribution in [0.2, 0.25) is 0 Å². The summed E-state index contributed by atoms with van der Waals surface area (Å²) in [6, 6.07) is 5.83. The third-order valence-electron chi connectivity index (χ3n) is 2.90. The molecule has 4 nitrogen and oxygen atoms in total. The van der Waals surface area contributed by atoms with Gasteiger partial charge in [-0.15, -0.1) is 0 Å². The molecule has 3 N–H and O–H groups in total. The summed E-state index contributed by atoms with van der Waals surface area (Å²) < 4.78 is 2.02. The van der Waals surface area contributed by atoms with Crippen LogP contribution in [0.5, 0.6) is 0 Å². The molecule has 2 rings (SSSR count). The molecule has 0 aliphatic rings. The zero-order chi connectivity index (χ0) is 11.7. The fraction of sp³-hybridized carbons (Fsp3) is 0.417. The van der Waals surface area contributed by atoms with Crippen molar-refractivity contribution in [2.24, 2.45) is 12.8 Å². The number of para-hydroxylation sites is 1. The van der Waals surface area contributed by atoms with E-state index in [2.05, 4.69) is 18.0 Å². The molecule has 1 heterocycles. The van der Waals surface area contributed by atoms with Gasteiger partial charge in [0.05, 0.1) is 17.1 Å². The molecular formula is C12H17N3O. The SMILES string of the molecule is Cc1cccc2nc(C(N)CCO)n(C)c12. The Hall–Kier alpha value is -1.39. The predicted octanol–water partition coefficient (Wildman–Crippen LogP) is 1.26. The quantitative estimate of drug-likeness (QED) is 0.817. The van der Waals surface area contributed by atoms with Gasteiger partial charge in [0.15, 0.2) is 0 Å². The minimum absolute atomic E-state index is 0.0867. The monoisotopic (exact) mass is 219 g/mol. The summed E-state index contributed by atoms with van der Waals surface area (Å²) in [5, 5.41) is 8.90. The first-order valence-corrected chi connectivity index (χ1v) is 5.43. The summed E-state index contributed by atoms with van der Waals surface area (Å²) >= 11 is 0. The van der Waals surface area contributed by atoms with Crippen molar-refractivity contribution < 1.29 is 5.11 Å². The molecule has 1 unspecified atom stereocenters. The van der Waals surface area contributed by atoms with E-state index in [0.29, 0.717) is 6.42 Å². The molecule has 0 fully saturated rings. The molecule has 1 atom stereocenters. The van der Waals surface area contributed by atoms with Crippen molar-refractivity contribution in [3.05, 3.63) is 29.6 Å². The molecule has 0 aliphatic carbocycles. The van der Waals surface area contributed by atoms with Crippen LogP contribution >= 0.6 is 0 Å². The average Bonchev–Trinajstić information content (AvgIpc) is 2.58. The highest BCUT2D eigenvalue weighted by Gasteiger charge is 2.15. The molecule has 1 aromatic carbocycles. The molecule has 0 aliphatic heterocycles. The van der Waals surface area contributed by atoms with Crippen molar-refractivity contribution in [1.29, 1.82) is 0 Å². The van der Waals surface area contributed by atoms with Crippen molar-refractivity contribution >= 4 is 11.0 Å². The zero-order valence-electron chi connectivity index (χ0n) is 9.64. The molecule has 0 radical (unpaired) electrons. The number of aliphatic hydroxyl groups excluding tert-OH is 1. The van der Waals surface area contributed by atoms with E-state index in [1.807, 2.05) is 23.7 Å². The summed E-state index contributed by atoms with van der Waals surface area (Å²) in [7, 11) is 1.97. The smallest absolute Gasteiger partial charge is 0.126 e. The molecule has 4 heteroatoms. The lowest BCUT2D eigenvalue weighted by atomic mass is 10.2. The summed E-state index contributed by atoms with van der Waals surface area (Å²) in [4.78, 5) is 4.52. The molecule has 1 aromatic heterocycles. The number of imidazole rings is 1. The Kier molecular flexibility index (Phi) is 2.94. The minimum Gasteiger partial charge on any atom is -0.396 e. The summed E-state index contributed by atoms with van der Waals surface area (Å²) in [6.45, 7) is 2.15. The number of nitrogens with two attached hydrogens (primary N) is 1. The van der Waals surface area contributed by atoms with E-state index in [0.717, 1.165) is 16.9 Å². The maximum absolute atomic E-state index is 8.90. The molecule has 0 spiro atoms. The Balaban J connectivity index is 2.56. The normalized spacial score (nSPS) is 13.2. The van der Waals surface area contributed by atoms with Crippen LogP contribution < -0.4 is 5.73 Å². The Morgan fingerprint density at radius 2 is 2.25 bits per heavy atom. The van der Waals surface area contributed by atoms with Crippen LogP contribution in [-0.2, 0) is 7.05 Å². The van der Waals surface area contributed by atoms with E-state index in [-0.39, 0.29) is 12.6 Å². The fourth-order valence-corrected chi connectivity index (χ4v) is 2.08.